The van der Waals surface area contributed by atoms with Gasteiger partial charge in [0.2, 0.25) is 5.91 Å². The van der Waals surface area contributed by atoms with Gasteiger partial charge in [0.15, 0.2) is 15.6 Å². The standard InChI is InChI=1S/C11H13NO4S/c1-8(13)9-4-3-5-10(6-9)12-11(14)7-17(2,15)16/h3-6H,7H2,1-2H3,(H,12,14). The zero-order valence-electron chi connectivity index (χ0n) is 9.56. The number of Topliss-reactive ketones (excluding diaryl/α,β-unsaturated/α-hetero) is 1. The third kappa shape index (κ3) is 4.78. The Bertz CT molecular complexity index is 548. The molecule has 1 aromatic carbocycles. The van der Waals surface area contributed by atoms with E-state index in [1.165, 1.54) is 13.0 Å². The highest BCUT2D eigenvalue weighted by Gasteiger charge is 2.11. The molecule has 0 saturated carbocycles. The monoisotopic (exact) mass is 255 g/mol. The Balaban J connectivity index is 2.79. The highest BCUT2D eigenvalue weighted by atomic mass is 32.2. The van der Waals surface area contributed by atoms with Crippen LogP contribution in [0.15, 0.2) is 24.3 Å². The van der Waals surface area contributed by atoms with Gasteiger partial charge in [-0.05, 0) is 19.1 Å². The first-order chi connectivity index (χ1) is 7.78. The molecule has 0 aliphatic rings. The molecule has 0 aromatic heterocycles. The minimum Gasteiger partial charge on any atom is -0.325 e. The van der Waals surface area contributed by atoms with Crippen LogP contribution in [0.3, 0.4) is 0 Å². The molecule has 0 radical (unpaired) electrons. The Labute approximate surface area is 99.8 Å². The quantitative estimate of drug-likeness (QED) is 0.810. The second kappa shape index (κ2) is 5.09. The second-order valence-electron chi connectivity index (χ2n) is 3.76. The number of ketones is 1. The van der Waals surface area contributed by atoms with E-state index in [2.05, 4.69) is 5.32 Å². The van der Waals surface area contributed by atoms with Crippen LogP contribution >= 0.6 is 0 Å². The number of rotatable bonds is 4. The molecule has 1 rings (SSSR count). The minimum atomic E-state index is -3.35. The molecule has 0 unspecified atom stereocenters. The molecule has 0 bridgehead atoms. The van der Waals surface area contributed by atoms with Crippen molar-refractivity contribution in [3.63, 3.8) is 0 Å². The van der Waals surface area contributed by atoms with Crippen molar-refractivity contribution in [1.29, 1.82) is 0 Å². The highest BCUT2D eigenvalue weighted by molar-refractivity contribution is 7.91. The maximum atomic E-state index is 11.3. The number of carbonyl (C=O) groups excluding carboxylic acids is 2. The average Bonchev–Trinajstić information content (AvgIpc) is 2.14. The van der Waals surface area contributed by atoms with Crippen LogP contribution < -0.4 is 5.32 Å². The van der Waals surface area contributed by atoms with Crippen LogP contribution in [0.5, 0.6) is 0 Å². The molecule has 0 spiro atoms. The van der Waals surface area contributed by atoms with Crippen LogP contribution in [0.25, 0.3) is 0 Å². The maximum Gasteiger partial charge on any atom is 0.239 e. The molecule has 92 valence electrons. The molecule has 0 aliphatic carbocycles. The number of nitrogens with one attached hydrogen (secondary N) is 1. The number of hydrogen-bond donors (Lipinski definition) is 1. The Hall–Kier alpha value is -1.69. The third-order valence-electron chi connectivity index (χ3n) is 1.95. The van der Waals surface area contributed by atoms with Gasteiger partial charge in [-0.25, -0.2) is 8.42 Å². The van der Waals surface area contributed by atoms with Crippen LogP contribution in [0, 0.1) is 0 Å². The Morgan fingerprint density at radius 1 is 1.29 bits per heavy atom. The molecular formula is C11H13NO4S. The van der Waals surface area contributed by atoms with Gasteiger partial charge in [-0.3, -0.25) is 9.59 Å². The summed E-state index contributed by atoms with van der Waals surface area (Å²) in [6.45, 7) is 1.41. The molecule has 0 heterocycles. The molecule has 0 fully saturated rings. The van der Waals surface area contributed by atoms with E-state index in [9.17, 15) is 18.0 Å². The molecular weight excluding hydrogens is 242 g/mol. The third-order valence-corrected chi connectivity index (χ3v) is 2.73. The fourth-order valence-corrected chi connectivity index (χ4v) is 1.80. The van der Waals surface area contributed by atoms with E-state index >= 15 is 0 Å². The maximum absolute atomic E-state index is 11.3. The van der Waals surface area contributed by atoms with Gasteiger partial charge in [-0.2, -0.15) is 0 Å². The van der Waals surface area contributed by atoms with Gasteiger partial charge in [0.05, 0.1) is 0 Å². The summed E-state index contributed by atoms with van der Waals surface area (Å²) in [4.78, 5) is 22.4. The van der Waals surface area contributed by atoms with Crippen molar-refractivity contribution in [3.8, 4) is 0 Å². The molecule has 0 aliphatic heterocycles. The van der Waals surface area contributed by atoms with E-state index in [0.29, 0.717) is 11.3 Å². The van der Waals surface area contributed by atoms with E-state index in [1.54, 1.807) is 18.2 Å². The van der Waals surface area contributed by atoms with Gasteiger partial charge in [-0.15, -0.1) is 0 Å². The zero-order valence-corrected chi connectivity index (χ0v) is 10.4. The van der Waals surface area contributed by atoms with E-state index < -0.39 is 21.5 Å². The summed E-state index contributed by atoms with van der Waals surface area (Å²) in [5.41, 5.74) is 0.869. The van der Waals surface area contributed by atoms with Crippen molar-refractivity contribution in [3.05, 3.63) is 29.8 Å². The largest absolute Gasteiger partial charge is 0.325 e. The zero-order chi connectivity index (χ0) is 13.1. The fourth-order valence-electron chi connectivity index (χ4n) is 1.25. The molecule has 0 atom stereocenters. The van der Waals surface area contributed by atoms with E-state index in [-0.39, 0.29) is 5.78 Å². The number of sulfone groups is 1. The SMILES string of the molecule is CC(=O)c1cccc(NC(=O)CS(C)(=O)=O)c1. The highest BCUT2D eigenvalue weighted by Crippen LogP contribution is 2.11. The molecule has 17 heavy (non-hydrogen) atoms. The van der Waals surface area contributed by atoms with E-state index in [0.717, 1.165) is 6.26 Å². The Morgan fingerprint density at radius 3 is 2.47 bits per heavy atom. The molecule has 1 amide bonds. The first kappa shape index (κ1) is 13.4. The summed E-state index contributed by atoms with van der Waals surface area (Å²) in [5.74, 6) is -1.31. The van der Waals surface area contributed by atoms with Crippen molar-refractivity contribution in [2.75, 3.05) is 17.3 Å². The summed E-state index contributed by atoms with van der Waals surface area (Å²) >= 11 is 0. The van der Waals surface area contributed by atoms with Crippen molar-refractivity contribution in [2.24, 2.45) is 0 Å². The number of hydrogen-bond acceptors (Lipinski definition) is 4. The van der Waals surface area contributed by atoms with E-state index in [4.69, 9.17) is 0 Å². The van der Waals surface area contributed by atoms with Crippen molar-refractivity contribution in [1.82, 2.24) is 0 Å². The second-order valence-corrected chi connectivity index (χ2v) is 5.90. The lowest BCUT2D eigenvalue weighted by Gasteiger charge is -2.05. The van der Waals surface area contributed by atoms with Crippen LogP contribution in [0.4, 0.5) is 5.69 Å². The summed E-state index contributed by atoms with van der Waals surface area (Å²) in [5, 5.41) is 2.42. The van der Waals surface area contributed by atoms with Gasteiger partial charge in [-0.1, -0.05) is 12.1 Å². The molecule has 1 N–H and O–H groups in total. The van der Waals surface area contributed by atoms with E-state index in [1.807, 2.05) is 0 Å². The van der Waals surface area contributed by atoms with Gasteiger partial charge < -0.3 is 5.32 Å². The van der Waals surface area contributed by atoms with Crippen LogP contribution in [-0.4, -0.2) is 32.1 Å². The van der Waals surface area contributed by atoms with Gasteiger partial charge in [0.1, 0.15) is 5.75 Å². The molecule has 1 aromatic rings. The smallest absolute Gasteiger partial charge is 0.239 e. The first-order valence-electron chi connectivity index (χ1n) is 4.86. The van der Waals surface area contributed by atoms with Crippen molar-refractivity contribution in [2.45, 2.75) is 6.92 Å². The summed E-state index contributed by atoms with van der Waals surface area (Å²) in [6.07, 6.45) is 0.985. The number of carbonyl (C=O) groups is 2. The Morgan fingerprint density at radius 2 is 1.94 bits per heavy atom. The molecule has 0 saturated heterocycles. The van der Waals surface area contributed by atoms with Crippen molar-refractivity contribution >= 4 is 27.2 Å². The molecule has 5 nitrogen and oxygen atoms in total. The molecule has 6 heteroatoms. The Kier molecular flexibility index (Phi) is 4.01. The predicted molar refractivity (Wildman–Crippen MR) is 64.8 cm³/mol. The van der Waals surface area contributed by atoms with Gasteiger partial charge in [0.25, 0.3) is 0 Å². The number of amides is 1. The predicted octanol–water partition coefficient (Wildman–Crippen LogP) is 0.872. The minimum absolute atomic E-state index is 0.121. The summed E-state index contributed by atoms with van der Waals surface area (Å²) in [7, 11) is -3.35. The lowest BCUT2D eigenvalue weighted by Crippen LogP contribution is -2.22. The number of benzene rings is 1. The summed E-state index contributed by atoms with van der Waals surface area (Å²) in [6, 6.07) is 6.33. The van der Waals surface area contributed by atoms with Crippen LogP contribution in [-0.2, 0) is 14.6 Å². The fraction of sp³-hybridized carbons (Fsp3) is 0.273. The van der Waals surface area contributed by atoms with Crippen molar-refractivity contribution < 1.29 is 18.0 Å². The van der Waals surface area contributed by atoms with Crippen LogP contribution in [0.2, 0.25) is 0 Å². The first-order valence-corrected chi connectivity index (χ1v) is 6.92. The average molecular weight is 255 g/mol. The normalized spacial score (nSPS) is 10.9. The van der Waals surface area contributed by atoms with Gasteiger partial charge >= 0.3 is 0 Å². The summed E-state index contributed by atoms with van der Waals surface area (Å²) < 4.78 is 21.8. The van der Waals surface area contributed by atoms with Crippen LogP contribution in [0.1, 0.15) is 17.3 Å². The number of anilines is 1. The lowest BCUT2D eigenvalue weighted by atomic mass is 10.1. The van der Waals surface area contributed by atoms with Gasteiger partial charge in [0, 0.05) is 17.5 Å². The topological polar surface area (TPSA) is 80.3 Å². The lowest BCUT2D eigenvalue weighted by molar-refractivity contribution is -0.113.